The summed E-state index contributed by atoms with van der Waals surface area (Å²) in [7, 11) is 0. The number of aliphatic hydroxyl groups excluding tert-OH is 1. The molecule has 2 rings (SSSR count). The molecule has 14 heavy (non-hydrogen) atoms. The van der Waals surface area contributed by atoms with Gasteiger partial charge in [0, 0.05) is 32.4 Å². The zero-order chi connectivity index (χ0) is 9.80. The third-order valence-corrected chi connectivity index (χ3v) is 3.64. The van der Waals surface area contributed by atoms with Gasteiger partial charge in [-0.05, 0) is 31.1 Å². The molecule has 0 radical (unpaired) electrons. The van der Waals surface area contributed by atoms with Gasteiger partial charge in [-0.1, -0.05) is 6.42 Å². The van der Waals surface area contributed by atoms with E-state index < -0.39 is 0 Å². The molecular weight excluding hydrogens is 178 g/mol. The quantitative estimate of drug-likeness (QED) is 0.687. The highest BCUT2D eigenvalue weighted by Crippen LogP contribution is 2.23. The van der Waals surface area contributed by atoms with Crippen molar-refractivity contribution < 1.29 is 9.84 Å². The van der Waals surface area contributed by atoms with Crippen LogP contribution in [0.4, 0.5) is 0 Å². The van der Waals surface area contributed by atoms with Crippen molar-refractivity contribution in [1.82, 2.24) is 5.32 Å². The summed E-state index contributed by atoms with van der Waals surface area (Å²) >= 11 is 0. The maximum Gasteiger partial charge on any atom is 0.0499 e. The Hall–Kier alpha value is -0.120. The summed E-state index contributed by atoms with van der Waals surface area (Å²) < 4.78 is 5.35. The van der Waals surface area contributed by atoms with E-state index in [1.54, 1.807) is 0 Å². The molecule has 2 N–H and O–H groups in total. The fourth-order valence-electron chi connectivity index (χ4n) is 2.24. The van der Waals surface area contributed by atoms with Gasteiger partial charge in [-0.15, -0.1) is 0 Å². The van der Waals surface area contributed by atoms with Crippen LogP contribution in [0.2, 0.25) is 0 Å². The molecule has 0 spiro atoms. The molecule has 1 aliphatic heterocycles. The number of hydrogen-bond donors (Lipinski definition) is 2. The van der Waals surface area contributed by atoms with Gasteiger partial charge >= 0.3 is 0 Å². The fourth-order valence-corrected chi connectivity index (χ4v) is 2.24. The first kappa shape index (κ1) is 10.4. The van der Waals surface area contributed by atoms with Crippen molar-refractivity contribution in [3.8, 4) is 0 Å². The van der Waals surface area contributed by atoms with Gasteiger partial charge in [-0.2, -0.15) is 0 Å². The minimum Gasteiger partial charge on any atom is -0.396 e. The maximum absolute atomic E-state index is 9.29. The molecular formula is C11H21NO2. The average Bonchev–Trinajstić information content (AvgIpc) is 2.62. The molecule has 1 saturated carbocycles. The molecule has 2 atom stereocenters. The molecule has 2 unspecified atom stereocenters. The van der Waals surface area contributed by atoms with E-state index in [1.807, 2.05) is 0 Å². The molecule has 0 amide bonds. The first-order valence-electron chi connectivity index (χ1n) is 5.82. The SMILES string of the molecule is OCC(CNC1CCC1)C1CCOC1. The lowest BCUT2D eigenvalue weighted by atomic mass is 9.89. The highest BCUT2D eigenvalue weighted by atomic mass is 16.5. The Kier molecular flexibility index (Phi) is 3.79. The number of rotatable bonds is 5. The summed E-state index contributed by atoms with van der Waals surface area (Å²) in [5, 5.41) is 12.8. The molecule has 1 aliphatic carbocycles. The molecule has 0 aromatic heterocycles. The van der Waals surface area contributed by atoms with Crippen LogP contribution in [0.3, 0.4) is 0 Å². The topological polar surface area (TPSA) is 41.5 Å². The Morgan fingerprint density at radius 1 is 1.36 bits per heavy atom. The average molecular weight is 199 g/mol. The zero-order valence-corrected chi connectivity index (χ0v) is 8.74. The normalized spacial score (nSPS) is 30.2. The van der Waals surface area contributed by atoms with E-state index >= 15 is 0 Å². The van der Waals surface area contributed by atoms with Crippen LogP contribution in [-0.4, -0.2) is 37.5 Å². The maximum atomic E-state index is 9.29. The van der Waals surface area contributed by atoms with Gasteiger partial charge < -0.3 is 15.2 Å². The van der Waals surface area contributed by atoms with Gasteiger partial charge in [0.25, 0.3) is 0 Å². The third-order valence-electron chi connectivity index (χ3n) is 3.64. The molecule has 0 aromatic carbocycles. The molecule has 3 nitrogen and oxygen atoms in total. The summed E-state index contributed by atoms with van der Waals surface area (Å²) in [4.78, 5) is 0. The van der Waals surface area contributed by atoms with E-state index in [0.29, 0.717) is 18.4 Å². The lowest BCUT2D eigenvalue weighted by Gasteiger charge is -2.30. The van der Waals surface area contributed by atoms with Crippen LogP contribution >= 0.6 is 0 Å². The fraction of sp³-hybridized carbons (Fsp3) is 1.00. The van der Waals surface area contributed by atoms with E-state index in [1.165, 1.54) is 19.3 Å². The molecule has 0 aromatic rings. The minimum atomic E-state index is 0.299. The summed E-state index contributed by atoms with van der Waals surface area (Å²) in [6.07, 6.45) is 5.13. The zero-order valence-electron chi connectivity index (χ0n) is 8.74. The van der Waals surface area contributed by atoms with Gasteiger partial charge in [0.2, 0.25) is 0 Å². The molecule has 2 fully saturated rings. The van der Waals surface area contributed by atoms with Crippen LogP contribution in [0.1, 0.15) is 25.7 Å². The second-order valence-corrected chi connectivity index (χ2v) is 4.60. The number of aliphatic hydroxyl groups is 1. The van der Waals surface area contributed by atoms with Gasteiger partial charge in [0.15, 0.2) is 0 Å². The van der Waals surface area contributed by atoms with Crippen LogP contribution in [0.5, 0.6) is 0 Å². The Morgan fingerprint density at radius 3 is 2.71 bits per heavy atom. The summed E-state index contributed by atoms with van der Waals surface area (Å²) in [5.41, 5.74) is 0. The number of ether oxygens (including phenoxy) is 1. The standard InChI is InChI=1S/C11H21NO2/c13-7-10(9-4-5-14-8-9)6-12-11-2-1-3-11/h9-13H,1-8H2. The van der Waals surface area contributed by atoms with E-state index in [-0.39, 0.29) is 0 Å². The predicted octanol–water partition coefficient (Wildman–Crippen LogP) is 0.773. The van der Waals surface area contributed by atoms with Crippen LogP contribution in [0, 0.1) is 11.8 Å². The highest BCUT2D eigenvalue weighted by molar-refractivity contribution is 4.80. The van der Waals surface area contributed by atoms with Gasteiger partial charge in [0.05, 0.1) is 0 Å². The van der Waals surface area contributed by atoms with Crippen LogP contribution in [0.25, 0.3) is 0 Å². The van der Waals surface area contributed by atoms with Crippen molar-refractivity contribution in [3.63, 3.8) is 0 Å². The summed E-state index contributed by atoms with van der Waals surface area (Å²) in [5.74, 6) is 0.977. The third kappa shape index (κ3) is 2.47. The van der Waals surface area contributed by atoms with Crippen molar-refractivity contribution in [1.29, 1.82) is 0 Å². The van der Waals surface area contributed by atoms with Gasteiger partial charge in [-0.3, -0.25) is 0 Å². The van der Waals surface area contributed by atoms with Crippen LogP contribution < -0.4 is 5.32 Å². The van der Waals surface area contributed by atoms with E-state index in [0.717, 1.165) is 32.2 Å². The van der Waals surface area contributed by atoms with Crippen LogP contribution in [-0.2, 0) is 4.74 Å². The first-order valence-corrected chi connectivity index (χ1v) is 5.82. The second-order valence-electron chi connectivity index (χ2n) is 4.60. The summed E-state index contributed by atoms with van der Waals surface area (Å²) in [6.45, 7) is 2.99. The Balaban J connectivity index is 1.68. The molecule has 3 heteroatoms. The van der Waals surface area contributed by atoms with Crippen molar-refractivity contribution in [2.75, 3.05) is 26.4 Å². The lowest BCUT2D eigenvalue weighted by molar-refractivity contribution is 0.133. The molecule has 1 saturated heterocycles. The van der Waals surface area contributed by atoms with E-state index in [2.05, 4.69) is 5.32 Å². The van der Waals surface area contributed by atoms with Crippen molar-refractivity contribution >= 4 is 0 Å². The highest BCUT2D eigenvalue weighted by Gasteiger charge is 2.26. The molecule has 1 heterocycles. The van der Waals surface area contributed by atoms with Gasteiger partial charge in [0.1, 0.15) is 0 Å². The predicted molar refractivity (Wildman–Crippen MR) is 55.1 cm³/mol. The van der Waals surface area contributed by atoms with E-state index in [4.69, 9.17) is 4.74 Å². The largest absolute Gasteiger partial charge is 0.396 e. The van der Waals surface area contributed by atoms with Crippen LogP contribution in [0.15, 0.2) is 0 Å². The smallest absolute Gasteiger partial charge is 0.0499 e. The van der Waals surface area contributed by atoms with Crippen molar-refractivity contribution in [2.24, 2.45) is 11.8 Å². The molecule has 2 aliphatic rings. The minimum absolute atomic E-state index is 0.299. The second kappa shape index (κ2) is 5.10. The number of hydrogen-bond acceptors (Lipinski definition) is 3. The van der Waals surface area contributed by atoms with Crippen molar-refractivity contribution in [3.05, 3.63) is 0 Å². The molecule has 82 valence electrons. The summed E-state index contributed by atoms with van der Waals surface area (Å²) in [6, 6.07) is 0.728. The van der Waals surface area contributed by atoms with Crippen molar-refractivity contribution in [2.45, 2.75) is 31.7 Å². The van der Waals surface area contributed by atoms with Gasteiger partial charge in [-0.25, -0.2) is 0 Å². The van der Waals surface area contributed by atoms with E-state index in [9.17, 15) is 5.11 Å². The lowest BCUT2D eigenvalue weighted by Crippen LogP contribution is -2.40. The monoisotopic (exact) mass is 199 g/mol. The first-order chi connectivity index (χ1) is 6.90. The number of nitrogens with one attached hydrogen (secondary N) is 1. The molecule has 0 bridgehead atoms. The Bertz CT molecular complexity index is 165. The Labute approximate surface area is 85.8 Å². The Morgan fingerprint density at radius 2 is 2.21 bits per heavy atom.